The van der Waals surface area contributed by atoms with Crippen LogP contribution >= 0.6 is 27.3 Å². The Kier molecular flexibility index (Phi) is 4.90. The standard InChI is InChI=1S/C17H13BrN6O2S/c18-11-5-10(6-20-7-11)16(26)24-4-1-12-14(9-24)27-17(22-12)23-15(25)13-8-19-2-3-21-13/h2-3,5-8H,1,4,9H2,(H,22,23,25). The fourth-order valence-corrected chi connectivity index (χ4v) is 4.09. The van der Waals surface area contributed by atoms with Crippen LogP contribution in [0.25, 0.3) is 0 Å². The minimum absolute atomic E-state index is 0.0759. The lowest BCUT2D eigenvalue weighted by Gasteiger charge is -2.26. The van der Waals surface area contributed by atoms with Gasteiger partial charge in [-0.25, -0.2) is 9.97 Å². The Labute approximate surface area is 166 Å². The van der Waals surface area contributed by atoms with E-state index in [1.807, 2.05) is 0 Å². The molecule has 0 saturated carbocycles. The van der Waals surface area contributed by atoms with Gasteiger partial charge in [-0.15, -0.1) is 0 Å². The summed E-state index contributed by atoms with van der Waals surface area (Å²) in [6.45, 7) is 1.03. The molecule has 10 heteroatoms. The molecule has 0 aliphatic carbocycles. The van der Waals surface area contributed by atoms with Crippen molar-refractivity contribution in [1.29, 1.82) is 0 Å². The highest BCUT2D eigenvalue weighted by Gasteiger charge is 2.25. The number of nitrogens with one attached hydrogen (secondary N) is 1. The van der Waals surface area contributed by atoms with Crippen molar-refractivity contribution >= 4 is 44.2 Å². The fourth-order valence-electron chi connectivity index (χ4n) is 2.71. The Hall–Kier alpha value is -2.72. The van der Waals surface area contributed by atoms with Gasteiger partial charge in [0, 0.05) is 47.1 Å². The highest BCUT2D eigenvalue weighted by atomic mass is 79.9. The van der Waals surface area contributed by atoms with Crippen molar-refractivity contribution in [2.75, 3.05) is 11.9 Å². The fraction of sp³-hybridized carbons (Fsp3) is 0.176. The van der Waals surface area contributed by atoms with Gasteiger partial charge >= 0.3 is 0 Å². The molecule has 3 aromatic rings. The second-order valence-electron chi connectivity index (χ2n) is 5.80. The number of carbonyl (C=O) groups excluding carboxylic acids is 2. The van der Waals surface area contributed by atoms with Crippen LogP contribution in [0, 0.1) is 0 Å². The normalized spacial score (nSPS) is 13.1. The third-order valence-corrected chi connectivity index (χ3v) is 5.42. The number of aromatic nitrogens is 4. The number of hydrogen-bond donors (Lipinski definition) is 1. The number of hydrogen-bond acceptors (Lipinski definition) is 7. The third kappa shape index (κ3) is 3.86. The number of halogens is 1. The number of pyridine rings is 1. The minimum atomic E-state index is -0.359. The van der Waals surface area contributed by atoms with E-state index < -0.39 is 0 Å². The molecule has 1 N–H and O–H groups in total. The van der Waals surface area contributed by atoms with Crippen molar-refractivity contribution in [3.05, 3.63) is 63.4 Å². The summed E-state index contributed by atoms with van der Waals surface area (Å²) in [5.74, 6) is -0.435. The molecule has 2 amide bonds. The molecule has 0 radical (unpaired) electrons. The molecule has 4 rings (SSSR count). The Morgan fingerprint density at radius 1 is 1.19 bits per heavy atom. The summed E-state index contributed by atoms with van der Waals surface area (Å²) >= 11 is 4.70. The lowest BCUT2D eigenvalue weighted by atomic mass is 10.1. The van der Waals surface area contributed by atoms with Crippen LogP contribution in [0.5, 0.6) is 0 Å². The molecule has 8 nitrogen and oxygen atoms in total. The quantitative estimate of drug-likeness (QED) is 0.665. The van der Waals surface area contributed by atoms with Crippen LogP contribution < -0.4 is 5.32 Å². The maximum absolute atomic E-state index is 12.7. The molecular formula is C17H13BrN6O2S. The van der Waals surface area contributed by atoms with E-state index in [1.165, 1.54) is 29.9 Å². The number of amides is 2. The summed E-state index contributed by atoms with van der Waals surface area (Å²) in [5.41, 5.74) is 1.67. The van der Waals surface area contributed by atoms with Gasteiger partial charge in [-0.2, -0.15) is 0 Å². The lowest BCUT2D eigenvalue weighted by Crippen LogP contribution is -2.35. The van der Waals surface area contributed by atoms with Crippen molar-refractivity contribution in [3.8, 4) is 0 Å². The number of nitrogens with zero attached hydrogens (tertiary/aromatic N) is 5. The molecule has 1 aliphatic heterocycles. The number of carbonyl (C=O) groups is 2. The van der Waals surface area contributed by atoms with Gasteiger partial charge in [0.1, 0.15) is 5.69 Å². The largest absolute Gasteiger partial charge is 0.333 e. The first-order valence-corrected chi connectivity index (χ1v) is 9.67. The monoisotopic (exact) mass is 444 g/mol. The molecule has 0 aromatic carbocycles. The molecule has 0 bridgehead atoms. The highest BCUT2D eigenvalue weighted by Crippen LogP contribution is 2.29. The minimum Gasteiger partial charge on any atom is -0.333 e. The van der Waals surface area contributed by atoms with Crippen LogP contribution in [-0.2, 0) is 13.0 Å². The summed E-state index contributed by atoms with van der Waals surface area (Å²) in [4.78, 5) is 44.0. The summed E-state index contributed by atoms with van der Waals surface area (Å²) in [7, 11) is 0. The van der Waals surface area contributed by atoms with Crippen LogP contribution in [0.3, 0.4) is 0 Å². The van der Waals surface area contributed by atoms with Gasteiger partial charge < -0.3 is 4.90 Å². The van der Waals surface area contributed by atoms with E-state index in [9.17, 15) is 9.59 Å². The topological polar surface area (TPSA) is 101 Å². The van der Waals surface area contributed by atoms with E-state index in [-0.39, 0.29) is 17.5 Å². The van der Waals surface area contributed by atoms with Crippen LogP contribution in [0.15, 0.2) is 41.5 Å². The molecule has 3 aromatic heterocycles. The zero-order valence-corrected chi connectivity index (χ0v) is 16.3. The van der Waals surface area contributed by atoms with Gasteiger partial charge in [0.15, 0.2) is 5.13 Å². The Morgan fingerprint density at radius 2 is 2.07 bits per heavy atom. The van der Waals surface area contributed by atoms with Gasteiger partial charge in [-0.3, -0.25) is 24.9 Å². The Morgan fingerprint density at radius 3 is 2.85 bits per heavy atom. The Balaban J connectivity index is 1.47. The molecule has 0 saturated heterocycles. The first kappa shape index (κ1) is 17.7. The van der Waals surface area contributed by atoms with Gasteiger partial charge in [0.05, 0.1) is 24.0 Å². The van der Waals surface area contributed by atoms with Crippen molar-refractivity contribution in [1.82, 2.24) is 24.8 Å². The van der Waals surface area contributed by atoms with Crippen molar-refractivity contribution in [2.24, 2.45) is 0 Å². The van der Waals surface area contributed by atoms with Crippen LogP contribution in [0.4, 0.5) is 5.13 Å². The molecule has 136 valence electrons. The predicted octanol–water partition coefficient (Wildman–Crippen LogP) is 2.54. The van der Waals surface area contributed by atoms with Gasteiger partial charge in [0.2, 0.25) is 0 Å². The zero-order valence-electron chi connectivity index (χ0n) is 13.9. The van der Waals surface area contributed by atoms with Gasteiger partial charge in [-0.1, -0.05) is 11.3 Å². The van der Waals surface area contributed by atoms with Crippen LogP contribution in [-0.4, -0.2) is 43.2 Å². The van der Waals surface area contributed by atoms with Gasteiger partial charge in [-0.05, 0) is 22.0 Å². The first-order chi connectivity index (χ1) is 13.1. The Bertz CT molecular complexity index is 1010. The maximum Gasteiger partial charge on any atom is 0.277 e. The second-order valence-corrected chi connectivity index (χ2v) is 7.80. The predicted molar refractivity (Wildman–Crippen MR) is 102 cm³/mol. The number of rotatable bonds is 3. The summed E-state index contributed by atoms with van der Waals surface area (Å²) in [5, 5.41) is 3.24. The SMILES string of the molecule is O=C(Nc1nc2c(s1)CN(C(=O)c1cncc(Br)c1)CC2)c1cnccn1. The highest BCUT2D eigenvalue weighted by molar-refractivity contribution is 9.10. The molecule has 27 heavy (non-hydrogen) atoms. The van der Waals surface area contributed by atoms with Gasteiger partial charge in [0.25, 0.3) is 11.8 Å². The van der Waals surface area contributed by atoms with E-state index in [0.29, 0.717) is 30.2 Å². The average molecular weight is 445 g/mol. The summed E-state index contributed by atoms with van der Waals surface area (Å²) in [6, 6.07) is 1.75. The van der Waals surface area contributed by atoms with Crippen LogP contribution in [0.2, 0.25) is 0 Å². The molecule has 0 spiro atoms. The van der Waals surface area contributed by atoms with E-state index in [1.54, 1.807) is 23.4 Å². The molecule has 0 atom stereocenters. The van der Waals surface area contributed by atoms with E-state index in [2.05, 4.69) is 41.2 Å². The second kappa shape index (κ2) is 7.49. The maximum atomic E-state index is 12.7. The molecule has 0 unspecified atom stereocenters. The summed E-state index contributed by atoms with van der Waals surface area (Å²) < 4.78 is 0.762. The first-order valence-electron chi connectivity index (χ1n) is 8.06. The summed E-state index contributed by atoms with van der Waals surface area (Å²) in [6.07, 6.45) is 8.20. The van der Waals surface area contributed by atoms with E-state index in [0.717, 1.165) is 15.0 Å². The molecular weight excluding hydrogens is 432 g/mol. The van der Waals surface area contributed by atoms with Crippen molar-refractivity contribution in [2.45, 2.75) is 13.0 Å². The number of anilines is 1. The smallest absolute Gasteiger partial charge is 0.277 e. The van der Waals surface area contributed by atoms with E-state index in [4.69, 9.17) is 0 Å². The number of fused-ring (bicyclic) bond motifs is 1. The molecule has 1 aliphatic rings. The average Bonchev–Trinajstić information content (AvgIpc) is 3.09. The molecule has 4 heterocycles. The van der Waals surface area contributed by atoms with E-state index >= 15 is 0 Å². The van der Waals surface area contributed by atoms with Crippen LogP contribution in [0.1, 0.15) is 31.4 Å². The zero-order chi connectivity index (χ0) is 18.8. The third-order valence-electron chi connectivity index (χ3n) is 3.99. The molecule has 0 fully saturated rings. The lowest BCUT2D eigenvalue weighted by molar-refractivity contribution is 0.0735. The number of thiazole rings is 1. The van der Waals surface area contributed by atoms with Crippen molar-refractivity contribution < 1.29 is 9.59 Å². The van der Waals surface area contributed by atoms with Crippen molar-refractivity contribution in [3.63, 3.8) is 0 Å².